The number of alkyl halides is 2. The predicted octanol–water partition coefficient (Wildman–Crippen LogP) is 4.01. The zero-order valence-corrected chi connectivity index (χ0v) is 16.8. The van der Waals surface area contributed by atoms with E-state index in [1.807, 2.05) is 0 Å². The van der Waals surface area contributed by atoms with Gasteiger partial charge in [0.25, 0.3) is 5.92 Å². The number of aldehydes is 1. The summed E-state index contributed by atoms with van der Waals surface area (Å²) in [5, 5.41) is 15.2. The standard InChI is InChI=1S/C23H19F4N3O2/c24-17-5-6-18(19(25)7-17)22(32,12-30-14-28-13-29-30)23(26,27)21-9-20(10-21,11-21)16-3-1-15(8-31)2-4-16/h1-8,13-14,32H,9-12H2. The summed E-state index contributed by atoms with van der Waals surface area (Å²) in [4.78, 5) is 14.6. The molecule has 1 N–H and O–H groups in total. The maximum absolute atomic E-state index is 16.1. The first-order chi connectivity index (χ1) is 15.1. The number of hydrogen-bond donors (Lipinski definition) is 1. The van der Waals surface area contributed by atoms with E-state index in [4.69, 9.17) is 0 Å². The fourth-order valence-corrected chi connectivity index (χ4v) is 5.51. The molecule has 3 aliphatic rings. The van der Waals surface area contributed by atoms with E-state index in [1.54, 1.807) is 24.3 Å². The van der Waals surface area contributed by atoms with E-state index in [2.05, 4.69) is 10.1 Å². The van der Waals surface area contributed by atoms with E-state index >= 15 is 8.78 Å². The van der Waals surface area contributed by atoms with Crippen molar-refractivity contribution in [1.29, 1.82) is 0 Å². The molecule has 9 heteroatoms. The minimum absolute atomic E-state index is 0.107. The molecule has 3 saturated carbocycles. The molecule has 3 aliphatic carbocycles. The Hall–Kier alpha value is -3.07. The molecule has 1 heterocycles. The third-order valence-corrected chi connectivity index (χ3v) is 7.11. The number of aromatic nitrogens is 3. The first-order valence-electron chi connectivity index (χ1n) is 10.1. The van der Waals surface area contributed by atoms with Crippen LogP contribution in [0.1, 0.15) is 40.7 Å². The molecular weight excluding hydrogens is 426 g/mol. The number of aliphatic hydroxyl groups is 1. The van der Waals surface area contributed by atoms with Crippen LogP contribution in [0.15, 0.2) is 55.1 Å². The Morgan fingerprint density at radius 1 is 1.09 bits per heavy atom. The van der Waals surface area contributed by atoms with Gasteiger partial charge < -0.3 is 5.11 Å². The van der Waals surface area contributed by atoms with E-state index in [0.717, 1.165) is 35.0 Å². The highest BCUT2D eigenvalue weighted by molar-refractivity contribution is 5.74. The lowest BCUT2D eigenvalue weighted by molar-refractivity contribution is -0.347. The van der Waals surface area contributed by atoms with Crippen LogP contribution >= 0.6 is 0 Å². The average Bonchev–Trinajstić information content (AvgIpc) is 3.18. The second-order valence-electron chi connectivity index (χ2n) is 8.98. The summed E-state index contributed by atoms with van der Waals surface area (Å²) in [7, 11) is 0. The highest BCUT2D eigenvalue weighted by Gasteiger charge is 2.82. The van der Waals surface area contributed by atoms with Crippen molar-refractivity contribution < 1.29 is 27.5 Å². The Morgan fingerprint density at radius 3 is 2.34 bits per heavy atom. The highest BCUT2D eigenvalue weighted by Crippen LogP contribution is 2.80. The number of carbonyl (C=O) groups excluding carboxylic acids is 1. The Kier molecular flexibility index (Phi) is 4.37. The Labute approximate surface area is 180 Å². The largest absolute Gasteiger partial charge is 0.377 e. The third kappa shape index (κ3) is 2.70. The molecule has 5 nitrogen and oxygen atoms in total. The van der Waals surface area contributed by atoms with Crippen LogP contribution in [0, 0.1) is 17.0 Å². The van der Waals surface area contributed by atoms with Gasteiger partial charge in [-0.15, -0.1) is 0 Å². The van der Waals surface area contributed by atoms with E-state index < -0.39 is 46.1 Å². The summed E-state index contributed by atoms with van der Waals surface area (Å²) >= 11 is 0. The Bertz CT molecular complexity index is 1160. The van der Waals surface area contributed by atoms with Gasteiger partial charge in [0.1, 0.15) is 30.6 Å². The van der Waals surface area contributed by atoms with Crippen molar-refractivity contribution in [2.24, 2.45) is 5.41 Å². The fraction of sp³-hybridized carbons (Fsp3) is 0.348. The Balaban J connectivity index is 1.50. The summed E-state index contributed by atoms with van der Waals surface area (Å²) in [5.74, 6) is -5.92. The Morgan fingerprint density at radius 2 is 1.78 bits per heavy atom. The van der Waals surface area contributed by atoms with Gasteiger partial charge in [-0.1, -0.05) is 24.3 Å². The molecule has 2 bridgehead atoms. The molecule has 1 aromatic heterocycles. The highest BCUT2D eigenvalue weighted by atomic mass is 19.3. The summed E-state index contributed by atoms with van der Waals surface area (Å²) < 4.78 is 61.3. The number of halogens is 4. The lowest BCUT2D eigenvalue weighted by Crippen LogP contribution is -2.76. The predicted molar refractivity (Wildman–Crippen MR) is 105 cm³/mol. The molecular formula is C23H19F4N3O2. The smallest absolute Gasteiger partial charge is 0.287 e. The van der Waals surface area contributed by atoms with Crippen molar-refractivity contribution >= 4 is 6.29 Å². The third-order valence-electron chi connectivity index (χ3n) is 7.11. The quantitative estimate of drug-likeness (QED) is 0.441. The molecule has 32 heavy (non-hydrogen) atoms. The van der Waals surface area contributed by atoms with Gasteiger partial charge >= 0.3 is 0 Å². The van der Waals surface area contributed by atoms with Crippen molar-refractivity contribution in [3.8, 4) is 0 Å². The van der Waals surface area contributed by atoms with E-state index in [9.17, 15) is 18.7 Å². The zero-order chi connectivity index (χ0) is 22.8. The van der Waals surface area contributed by atoms with E-state index in [1.165, 1.54) is 0 Å². The average molecular weight is 445 g/mol. The SMILES string of the molecule is O=Cc1ccc(C23CC(C(F)(F)C(O)(Cn4cncn4)c4ccc(F)cc4F)(C2)C3)cc1. The first kappa shape index (κ1) is 20.8. The summed E-state index contributed by atoms with van der Waals surface area (Å²) in [6.45, 7) is -0.745. The van der Waals surface area contributed by atoms with Gasteiger partial charge in [0.2, 0.25) is 0 Å². The van der Waals surface area contributed by atoms with Crippen LogP contribution in [-0.4, -0.2) is 32.1 Å². The normalized spacial score (nSPS) is 26.0. The van der Waals surface area contributed by atoms with Crippen LogP contribution in [0.5, 0.6) is 0 Å². The maximum atomic E-state index is 16.1. The van der Waals surface area contributed by atoms with Crippen molar-refractivity contribution in [3.05, 3.63) is 83.4 Å². The van der Waals surface area contributed by atoms with Crippen LogP contribution in [0.2, 0.25) is 0 Å². The molecule has 0 amide bonds. The molecule has 2 aromatic carbocycles. The summed E-state index contributed by atoms with van der Waals surface area (Å²) in [5.41, 5.74) is -4.30. The van der Waals surface area contributed by atoms with Crippen LogP contribution in [0.4, 0.5) is 17.6 Å². The molecule has 0 saturated heterocycles. The van der Waals surface area contributed by atoms with Crippen LogP contribution in [-0.2, 0) is 17.6 Å². The van der Waals surface area contributed by atoms with Crippen LogP contribution in [0.3, 0.4) is 0 Å². The minimum atomic E-state index is -3.74. The van der Waals surface area contributed by atoms with Crippen molar-refractivity contribution in [1.82, 2.24) is 14.8 Å². The lowest BCUT2D eigenvalue weighted by Gasteiger charge is -2.74. The topological polar surface area (TPSA) is 68.0 Å². The molecule has 0 spiro atoms. The van der Waals surface area contributed by atoms with Crippen LogP contribution in [0.25, 0.3) is 0 Å². The molecule has 1 atom stereocenters. The van der Waals surface area contributed by atoms with E-state index in [0.29, 0.717) is 17.9 Å². The van der Waals surface area contributed by atoms with Gasteiger partial charge in [-0.25, -0.2) is 27.2 Å². The zero-order valence-electron chi connectivity index (χ0n) is 16.8. The first-order valence-corrected chi connectivity index (χ1v) is 10.1. The lowest BCUT2D eigenvalue weighted by atomic mass is 9.30. The van der Waals surface area contributed by atoms with E-state index in [-0.39, 0.29) is 19.3 Å². The fourth-order valence-electron chi connectivity index (χ4n) is 5.51. The van der Waals surface area contributed by atoms with Gasteiger partial charge in [0.05, 0.1) is 6.54 Å². The molecule has 0 aliphatic heterocycles. The summed E-state index contributed by atoms with van der Waals surface area (Å²) in [6, 6.07) is 8.98. The molecule has 1 unspecified atom stereocenters. The van der Waals surface area contributed by atoms with Gasteiger partial charge in [-0.3, -0.25) is 4.79 Å². The minimum Gasteiger partial charge on any atom is -0.377 e. The summed E-state index contributed by atoms with van der Waals surface area (Å²) in [6.07, 6.45) is 3.31. The van der Waals surface area contributed by atoms with Crippen molar-refractivity contribution in [2.75, 3.05) is 0 Å². The van der Waals surface area contributed by atoms with Crippen molar-refractivity contribution in [3.63, 3.8) is 0 Å². The maximum Gasteiger partial charge on any atom is 0.287 e. The number of benzene rings is 2. The molecule has 3 fully saturated rings. The number of hydrogen-bond acceptors (Lipinski definition) is 4. The monoisotopic (exact) mass is 445 g/mol. The van der Waals surface area contributed by atoms with Gasteiger partial charge in [-0.2, -0.15) is 5.10 Å². The van der Waals surface area contributed by atoms with Gasteiger partial charge in [-0.05, 0) is 42.4 Å². The number of carbonyl (C=O) groups is 1. The molecule has 166 valence electrons. The molecule has 3 aromatic rings. The van der Waals surface area contributed by atoms with Gasteiger partial charge in [0.15, 0.2) is 5.60 Å². The van der Waals surface area contributed by atoms with Crippen molar-refractivity contribution in [2.45, 2.75) is 42.7 Å². The van der Waals surface area contributed by atoms with Gasteiger partial charge in [0, 0.05) is 22.6 Å². The number of nitrogens with zero attached hydrogens (tertiary/aromatic N) is 3. The number of rotatable bonds is 7. The molecule has 0 radical (unpaired) electrons. The van der Waals surface area contributed by atoms with Crippen LogP contribution < -0.4 is 0 Å². The second-order valence-corrected chi connectivity index (χ2v) is 8.98. The second kappa shape index (κ2) is 6.71. The molecule has 6 rings (SSSR count).